The van der Waals surface area contributed by atoms with Crippen molar-refractivity contribution < 1.29 is 4.74 Å². The van der Waals surface area contributed by atoms with Crippen LogP contribution in [0.15, 0.2) is 47.8 Å². The predicted molar refractivity (Wildman–Crippen MR) is 107 cm³/mol. The number of fused-ring (bicyclic) bond motifs is 1. The Labute approximate surface area is 168 Å². The number of hydrogen-bond acceptors (Lipinski definition) is 7. The molecule has 2 aliphatic rings. The maximum Gasteiger partial charge on any atom is 0.266 e. The fraction of sp³-hybridized carbons (Fsp3) is 0.381. The van der Waals surface area contributed by atoms with Gasteiger partial charge in [0.25, 0.3) is 5.56 Å². The first-order valence-electron chi connectivity index (χ1n) is 9.95. The highest BCUT2D eigenvalue weighted by atomic mass is 16.5. The number of pyridine rings is 1. The Morgan fingerprint density at radius 2 is 2.17 bits per heavy atom. The van der Waals surface area contributed by atoms with E-state index < -0.39 is 0 Å². The second-order valence-electron chi connectivity index (χ2n) is 7.40. The van der Waals surface area contributed by atoms with Gasteiger partial charge in [0.05, 0.1) is 37.2 Å². The lowest BCUT2D eigenvalue weighted by Gasteiger charge is -2.29. The predicted octanol–water partition coefficient (Wildman–Crippen LogP) is 1.84. The first-order chi connectivity index (χ1) is 14.3. The molecule has 0 amide bonds. The molecule has 2 aliphatic heterocycles. The van der Waals surface area contributed by atoms with Crippen LogP contribution in [-0.2, 0) is 24.3 Å². The number of nitrogens with zero attached hydrogens (tertiary/aromatic N) is 6. The summed E-state index contributed by atoms with van der Waals surface area (Å²) in [5.41, 5.74) is 3.69. The molecule has 0 radical (unpaired) electrons. The smallest absolute Gasteiger partial charge is 0.266 e. The largest absolute Gasteiger partial charge is 0.376 e. The molecule has 0 aliphatic carbocycles. The Kier molecular flexibility index (Phi) is 4.77. The van der Waals surface area contributed by atoms with Gasteiger partial charge in [-0.1, -0.05) is 0 Å². The third-order valence-corrected chi connectivity index (χ3v) is 5.60. The fourth-order valence-corrected chi connectivity index (χ4v) is 4.14. The molecule has 0 N–H and O–H groups in total. The van der Waals surface area contributed by atoms with E-state index >= 15 is 0 Å². The summed E-state index contributed by atoms with van der Waals surface area (Å²) in [6.07, 6.45) is 7.99. The Balaban J connectivity index is 1.44. The number of aromatic nitrogens is 5. The molecule has 8 heteroatoms. The zero-order valence-corrected chi connectivity index (χ0v) is 16.1. The minimum Gasteiger partial charge on any atom is -0.376 e. The van der Waals surface area contributed by atoms with Crippen molar-refractivity contribution in [3.8, 4) is 11.3 Å². The van der Waals surface area contributed by atoms with Crippen LogP contribution in [0.5, 0.6) is 0 Å². The van der Waals surface area contributed by atoms with E-state index in [1.165, 1.54) is 0 Å². The topological polar surface area (TPSA) is 86.0 Å². The Hall–Kier alpha value is -3.13. The normalized spacial score (nSPS) is 18.6. The zero-order chi connectivity index (χ0) is 19.6. The highest BCUT2D eigenvalue weighted by Crippen LogP contribution is 2.30. The number of anilines is 1. The molecule has 1 unspecified atom stereocenters. The summed E-state index contributed by atoms with van der Waals surface area (Å²) in [6.45, 7) is 2.68. The Morgan fingerprint density at radius 3 is 3.07 bits per heavy atom. The SMILES string of the molecule is O=c1ccc(-c2cccnc2)nn1CC1CCCN1c1ncnc2c1COCC2. The molecule has 0 bridgehead atoms. The molecule has 1 fully saturated rings. The third kappa shape index (κ3) is 3.51. The monoisotopic (exact) mass is 390 g/mol. The van der Waals surface area contributed by atoms with E-state index in [2.05, 4.69) is 25.0 Å². The summed E-state index contributed by atoms with van der Waals surface area (Å²) in [4.78, 5) is 27.9. The van der Waals surface area contributed by atoms with Crippen molar-refractivity contribution in [1.82, 2.24) is 24.7 Å². The molecule has 5 rings (SSSR count). The van der Waals surface area contributed by atoms with Crippen LogP contribution in [-0.4, -0.2) is 43.9 Å². The standard InChI is InChI=1S/C21H22N6O2/c28-20-6-5-18(15-3-1-8-22-11-15)25-27(20)12-16-4-2-9-26(16)21-17-13-29-10-7-19(17)23-14-24-21/h1,3,5-6,8,11,14,16H,2,4,7,9-10,12-13H2. The van der Waals surface area contributed by atoms with Gasteiger partial charge in [-0.2, -0.15) is 5.10 Å². The van der Waals surface area contributed by atoms with Gasteiger partial charge < -0.3 is 9.64 Å². The van der Waals surface area contributed by atoms with E-state index in [9.17, 15) is 4.79 Å². The quantitative estimate of drug-likeness (QED) is 0.672. The molecule has 3 aromatic heterocycles. The first-order valence-corrected chi connectivity index (χ1v) is 9.95. The van der Waals surface area contributed by atoms with Gasteiger partial charge in [0, 0.05) is 42.6 Å². The van der Waals surface area contributed by atoms with Gasteiger partial charge in [0.2, 0.25) is 0 Å². The van der Waals surface area contributed by atoms with Gasteiger partial charge in [-0.05, 0) is 31.0 Å². The van der Waals surface area contributed by atoms with Crippen LogP contribution in [0.3, 0.4) is 0 Å². The van der Waals surface area contributed by atoms with Crippen molar-refractivity contribution in [1.29, 1.82) is 0 Å². The van der Waals surface area contributed by atoms with Gasteiger partial charge >= 0.3 is 0 Å². The highest BCUT2D eigenvalue weighted by Gasteiger charge is 2.30. The van der Waals surface area contributed by atoms with Crippen molar-refractivity contribution in [3.05, 3.63) is 64.6 Å². The van der Waals surface area contributed by atoms with Gasteiger partial charge in [0.1, 0.15) is 12.1 Å². The summed E-state index contributed by atoms with van der Waals surface area (Å²) < 4.78 is 7.22. The number of ether oxygens (including phenoxy) is 1. The molecule has 3 aromatic rings. The van der Waals surface area contributed by atoms with Crippen LogP contribution in [0.4, 0.5) is 5.82 Å². The fourth-order valence-electron chi connectivity index (χ4n) is 4.14. The minimum atomic E-state index is -0.0995. The lowest BCUT2D eigenvalue weighted by atomic mass is 10.1. The van der Waals surface area contributed by atoms with E-state index in [1.807, 2.05) is 12.1 Å². The summed E-state index contributed by atoms with van der Waals surface area (Å²) >= 11 is 0. The van der Waals surface area contributed by atoms with Gasteiger partial charge in [0.15, 0.2) is 0 Å². The van der Waals surface area contributed by atoms with E-state index in [0.717, 1.165) is 54.1 Å². The summed E-state index contributed by atoms with van der Waals surface area (Å²) in [6, 6.07) is 7.30. The van der Waals surface area contributed by atoms with Crippen molar-refractivity contribution >= 4 is 5.82 Å². The van der Waals surface area contributed by atoms with Crippen LogP contribution < -0.4 is 10.5 Å². The molecule has 148 valence electrons. The molecule has 0 aromatic carbocycles. The van der Waals surface area contributed by atoms with Crippen LogP contribution in [0.25, 0.3) is 11.3 Å². The molecule has 5 heterocycles. The molecule has 1 saturated heterocycles. The second-order valence-corrected chi connectivity index (χ2v) is 7.40. The van der Waals surface area contributed by atoms with Crippen molar-refractivity contribution in [2.45, 2.75) is 38.5 Å². The summed E-state index contributed by atoms with van der Waals surface area (Å²) in [5.74, 6) is 0.939. The van der Waals surface area contributed by atoms with E-state index in [4.69, 9.17) is 4.74 Å². The molecule has 29 heavy (non-hydrogen) atoms. The second kappa shape index (κ2) is 7.71. The maximum atomic E-state index is 12.5. The van der Waals surface area contributed by atoms with Crippen LogP contribution >= 0.6 is 0 Å². The van der Waals surface area contributed by atoms with Gasteiger partial charge in [-0.3, -0.25) is 9.78 Å². The lowest BCUT2D eigenvalue weighted by molar-refractivity contribution is 0.109. The average Bonchev–Trinajstić information content (AvgIpc) is 3.23. The lowest BCUT2D eigenvalue weighted by Crippen LogP contribution is -2.38. The molecular weight excluding hydrogens is 368 g/mol. The van der Waals surface area contributed by atoms with Crippen molar-refractivity contribution in [3.63, 3.8) is 0 Å². The Morgan fingerprint density at radius 1 is 1.21 bits per heavy atom. The molecule has 1 atom stereocenters. The van der Waals surface area contributed by atoms with Crippen molar-refractivity contribution in [2.75, 3.05) is 18.1 Å². The van der Waals surface area contributed by atoms with Crippen molar-refractivity contribution in [2.24, 2.45) is 0 Å². The van der Waals surface area contributed by atoms with Gasteiger partial charge in [-0.15, -0.1) is 0 Å². The Bertz CT molecular complexity index is 1070. The van der Waals surface area contributed by atoms with Crippen LogP contribution in [0.1, 0.15) is 24.1 Å². The van der Waals surface area contributed by atoms with Gasteiger partial charge in [-0.25, -0.2) is 14.6 Å². The average molecular weight is 390 g/mol. The molecule has 8 nitrogen and oxygen atoms in total. The molecule has 0 saturated carbocycles. The van der Waals surface area contributed by atoms with Crippen LogP contribution in [0.2, 0.25) is 0 Å². The molecular formula is C21H22N6O2. The highest BCUT2D eigenvalue weighted by molar-refractivity contribution is 5.56. The number of hydrogen-bond donors (Lipinski definition) is 0. The molecule has 0 spiro atoms. The van der Waals surface area contributed by atoms with E-state index in [0.29, 0.717) is 19.8 Å². The zero-order valence-electron chi connectivity index (χ0n) is 16.1. The van der Waals surface area contributed by atoms with E-state index in [-0.39, 0.29) is 11.6 Å². The minimum absolute atomic E-state index is 0.0995. The van der Waals surface area contributed by atoms with E-state index in [1.54, 1.807) is 35.5 Å². The summed E-state index contributed by atoms with van der Waals surface area (Å²) in [5, 5.41) is 4.60. The summed E-state index contributed by atoms with van der Waals surface area (Å²) in [7, 11) is 0. The maximum absolute atomic E-state index is 12.5. The first kappa shape index (κ1) is 17.9. The van der Waals surface area contributed by atoms with Crippen LogP contribution in [0, 0.1) is 0 Å². The third-order valence-electron chi connectivity index (χ3n) is 5.60. The number of rotatable bonds is 4.